The molecule has 0 amide bonds. The van der Waals surface area contributed by atoms with E-state index in [0.29, 0.717) is 12.2 Å². The Bertz CT molecular complexity index is 417. The van der Waals surface area contributed by atoms with E-state index in [9.17, 15) is 9.59 Å². The highest BCUT2D eigenvalue weighted by Gasteiger charge is 2.17. The molecule has 1 unspecified atom stereocenters. The van der Waals surface area contributed by atoms with Gasteiger partial charge < -0.3 is 4.74 Å². The van der Waals surface area contributed by atoms with Gasteiger partial charge in [-0.25, -0.2) is 0 Å². The first-order valence-electron chi connectivity index (χ1n) is 5.61. The molecule has 0 aliphatic rings. The third kappa shape index (κ3) is 4.82. The fourth-order valence-corrected chi connectivity index (χ4v) is 2.34. The molecule has 1 atom stereocenters. The van der Waals surface area contributed by atoms with Crippen LogP contribution in [0.2, 0.25) is 0 Å². The highest BCUT2D eigenvalue weighted by atomic mass is 79.9. The number of hydrogen-bond acceptors (Lipinski definition) is 4. The molecule has 98 valence electrons. The lowest BCUT2D eigenvalue weighted by molar-refractivity contribution is -0.139. The fourth-order valence-electron chi connectivity index (χ4n) is 1.32. The van der Waals surface area contributed by atoms with Gasteiger partial charge in [0.15, 0.2) is 5.78 Å². The number of rotatable bonds is 6. The maximum Gasteiger partial charge on any atom is 0.315 e. The van der Waals surface area contributed by atoms with Gasteiger partial charge in [-0.05, 0) is 26.0 Å². The van der Waals surface area contributed by atoms with E-state index in [2.05, 4.69) is 15.9 Å². The van der Waals surface area contributed by atoms with Crippen molar-refractivity contribution >= 4 is 39.4 Å². The molecule has 0 fully saturated rings. The summed E-state index contributed by atoms with van der Waals surface area (Å²) in [6.45, 7) is 3.93. The number of halogens is 1. The van der Waals surface area contributed by atoms with E-state index < -0.39 is 0 Å². The lowest BCUT2D eigenvalue weighted by Crippen LogP contribution is -2.17. The van der Waals surface area contributed by atoms with Gasteiger partial charge in [-0.2, -0.15) is 0 Å². The highest BCUT2D eigenvalue weighted by Crippen LogP contribution is 2.18. The SMILES string of the molecule is CCOC(=O)CSC(C)C(=O)c1ccc(Br)cc1. The number of carbonyl (C=O) groups excluding carboxylic acids is 2. The van der Waals surface area contributed by atoms with E-state index in [4.69, 9.17) is 4.74 Å². The largest absolute Gasteiger partial charge is 0.465 e. The summed E-state index contributed by atoms with van der Waals surface area (Å²) in [6, 6.07) is 7.20. The quantitative estimate of drug-likeness (QED) is 0.592. The monoisotopic (exact) mass is 330 g/mol. The first kappa shape index (κ1) is 15.2. The summed E-state index contributed by atoms with van der Waals surface area (Å²) in [4.78, 5) is 23.2. The maximum absolute atomic E-state index is 12.0. The molecule has 0 aliphatic heterocycles. The third-order valence-corrected chi connectivity index (χ3v) is 3.90. The number of hydrogen-bond donors (Lipinski definition) is 0. The van der Waals surface area contributed by atoms with Crippen LogP contribution in [0.1, 0.15) is 24.2 Å². The number of carbonyl (C=O) groups is 2. The van der Waals surface area contributed by atoms with Crippen molar-refractivity contribution in [2.24, 2.45) is 0 Å². The van der Waals surface area contributed by atoms with E-state index in [1.807, 2.05) is 12.1 Å². The maximum atomic E-state index is 12.0. The minimum atomic E-state index is -0.280. The summed E-state index contributed by atoms with van der Waals surface area (Å²) >= 11 is 4.62. The predicted molar refractivity (Wildman–Crippen MR) is 77.0 cm³/mol. The summed E-state index contributed by atoms with van der Waals surface area (Å²) in [5.74, 6) is -0.0492. The fraction of sp³-hybridized carbons (Fsp3) is 0.385. The standard InChI is InChI=1S/C13H15BrO3S/c1-3-17-12(15)8-18-9(2)13(16)10-4-6-11(14)7-5-10/h4-7,9H,3,8H2,1-2H3. The van der Waals surface area contributed by atoms with Gasteiger partial charge in [0.25, 0.3) is 0 Å². The number of Topliss-reactive ketones (excluding diaryl/α,β-unsaturated/α-hetero) is 1. The molecule has 1 rings (SSSR count). The Morgan fingerprint density at radius 1 is 1.33 bits per heavy atom. The van der Waals surface area contributed by atoms with Crippen molar-refractivity contribution in [1.29, 1.82) is 0 Å². The van der Waals surface area contributed by atoms with E-state index in [1.54, 1.807) is 26.0 Å². The molecule has 0 saturated carbocycles. The average molecular weight is 331 g/mol. The van der Waals surface area contributed by atoms with Gasteiger partial charge in [-0.3, -0.25) is 9.59 Å². The van der Waals surface area contributed by atoms with Crippen molar-refractivity contribution < 1.29 is 14.3 Å². The summed E-state index contributed by atoms with van der Waals surface area (Å²) in [6.07, 6.45) is 0. The normalized spacial score (nSPS) is 11.9. The molecule has 0 N–H and O–H groups in total. The molecule has 0 heterocycles. The van der Waals surface area contributed by atoms with Crippen LogP contribution in [-0.4, -0.2) is 29.4 Å². The summed E-state index contributed by atoms with van der Waals surface area (Å²) in [5.41, 5.74) is 0.655. The van der Waals surface area contributed by atoms with Crippen LogP contribution in [0.25, 0.3) is 0 Å². The first-order valence-corrected chi connectivity index (χ1v) is 7.45. The number of thioether (sulfide) groups is 1. The first-order chi connectivity index (χ1) is 8.54. The number of benzene rings is 1. The van der Waals surface area contributed by atoms with E-state index in [1.165, 1.54) is 11.8 Å². The van der Waals surface area contributed by atoms with Crippen molar-refractivity contribution in [2.45, 2.75) is 19.1 Å². The predicted octanol–water partition coefficient (Wildman–Crippen LogP) is 3.32. The van der Waals surface area contributed by atoms with Crippen molar-refractivity contribution in [3.8, 4) is 0 Å². The van der Waals surface area contributed by atoms with Crippen molar-refractivity contribution in [3.05, 3.63) is 34.3 Å². The molecule has 0 spiro atoms. The Kier molecular flexibility index (Phi) is 6.43. The van der Waals surface area contributed by atoms with Crippen molar-refractivity contribution in [2.75, 3.05) is 12.4 Å². The van der Waals surface area contributed by atoms with Gasteiger partial charge in [0.2, 0.25) is 0 Å². The molecule has 0 saturated heterocycles. The summed E-state index contributed by atoms with van der Waals surface area (Å²) in [7, 11) is 0. The second-order valence-corrected chi connectivity index (χ2v) is 5.87. The number of ketones is 1. The van der Waals surface area contributed by atoms with Crippen LogP contribution in [0.4, 0.5) is 0 Å². The van der Waals surface area contributed by atoms with Gasteiger partial charge in [-0.1, -0.05) is 28.1 Å². The van der Waals surface area contributed by atoms with E-state index in [-0.39, 0.29) is 22.8 Å². The zero-order valence-electron chi connectivity index (χ0n) is 10.3. The lowest BCUT2D eigenvalue weighted by Gasteiger charge is -2.09. The van der Waals surface area contributed by atoms with E-state index >= 15 is 0 Å². The molecule has 0 bridgehead atoms. The lowest BCUT2D eigenvalue weighted by atomic mass is 10.1. The Hall–Kier alpha value is -0.810. The summed E-state index contributed by atoms with van der Waals surface area (Å²) in [5, 5.41) is -0.254. The Morgan fingerprint density at radius 3 is 2.50 bits per heavy atom. The zero-order valence-corrected chi connectivity index (χ0v) is 12.7. The molecule has 0 aromatic heterocycles. The van der Waals surface area contributed by atoms with Crippen LogP contribution >= 0.6 is 27.7 Å². The Morgan fingerprint density at radius 2 is 1.94 bits per heavy atom. The topological polar surface area (TPSA) is 43.4 Å². The third-order valence-electron chi connectivity index (χ3n) is 2.25. The van der Waals surface area contributed by atoms with Crippen LogP contribution in [0.15, 0.2) is 28.7 Å². The molecule has 0 radical (unpaired) electrons. The molecule has 1 aromatic carbocycles. The van der Waals surface area contributed by atoms with Gasteiger partial charge in [0.05, 0.1) is 17.6 Å². The molecule has 3 nitrogen and oxygen atoms in total. The molecule has 5 heteroatoms. The minimum Gasteiger partial charge on any atom is -0.465 e. The highest BCUT2D eigenvalue weighted by molar-refractivity contribution is 9.10. The van der Waals surface area contributed by atoms with Gasteiger partial charge >= 0.3 is 5.97 Å². The average Bonchev–Trinajstić information content (AvgIpc) is 2.36. The number of ether oxygens (including phenoxy) is 1. The van der Waals surface area contributed by atoms with Crippen LogP contribution in [0.3, 0.4) is 0 Å². The smallest absolute Gasteiger partial charge is 0.315 e. The van der Waals surface area contributed by atoms with Crippen molar-refractivity contribution in [1.82, 2.24) is 0 Å². The van der Waals surface area contributed by atoms with E-state index in [0.717, 1.165) is 4.47 Å². The molecular weight excluding hydrogens is 316 g/mol. The van der Waals surface area contributed by atoms with Crippen LogP contribution in [0.5, 0.6) is 0 Å². The second kappa shape index (κ2) is 7.59. The van der Waals surface area contributed by atoms with Crippen LogP contribution in [0, 0.1) is 0 Å². The Balaban J connectivity index is 2.51. The molecule has 1 aromatic rings. The van der Waals surface area contributed by atoms with Gasteiger partial charge in [0.1, 0.15) is 0 Å². The van der Waals surface area contributed by atoms with Crippen molar-refractivity contribution in [3.63, 3.8) is 0 Å². The van der Waals surface area contributed by atoms with Gasteiger partial charge in [0, 0.05) is 10.0 Å². The number of esters is 1. The van der Waals surface area contributed by atoms with Crippen LogP contribution < -0.4 is 0 Å². The second-order valence-electron chi connectivity index (χ2n) is 3.63. The zero-order chi connectivity index (χ0) is 13.5. The Labute approximate surface area is 119 Å². The molecule has 0 aliphatic carbocycles. The molecular formula is C13H15BrO3S. The van der Waals surface area contributed by atoms with Crippen LogP contribution in [-0.2, 0) is 9.53 Å². The van der Waals surface area contributed by atoms with Gasteiger partial charge in [-0.15, -0.1) is 11.8 Å². The summed E-state index contributed by atoms with van der Waals surface area (Å²) < 4.78 is 5.75. The molecule has 18 heavy (non-hydrogen) atoms. The minimum absolute atomic E-state index is 0.0248.